The van der Waals surface area contributed by atoms with Crippen molar-refractivity contribution in [2.75, 3.05) is 33.4 Å². The molecule has 1 heterocycles. The molecule has 0 aromatic heterocycles. The number of hydrogen-bond acceptors (Lipinski definition) is 3. The van der Waals surface area contributed by atoms with Gasteiger partial charge in [-0.15, -0.1) is 0 Å². The van der Waals surface area contributed by atoms with E-state index in [1.807, 2.05) is 0 Å². The second-order valence-corrected chi connectivity index (χ2v) is 4.21. The summed E-state index contributed by atoms with van der Waals surface area (Å²) in [6.45, 7) is 3.72. The molecule has 0 atom stereocenters. The highest BCUT2D eigenvalue weighted by Gasteiger charge is 2.22. The standard InChI is InChI=1S/C13H16FNO3/c1-9-7-11(14)10(8-12(9)17-2)13(16)15-3-5-18-6-4-15/h7-8H,3-6H2,1-2H3. The van der Waals surface area contributed by atoms with Crippen molar-refractivity contribution in [3.05, 3.63) is 29.1 Å². The fourth-order valence-electron chi connectivity index (χ4n) is 1.97. The third-order valence-electron chi connectivity index (χ3n) is 3.01. The zero-order valence-electron chi connectivity index (χ0n) is 10.5. The van der Waals surface area contributed by atoms with E-state index in [1.165, 1.54) is 19.2 Å². The van der Waals surface area contributed by atoms with Crippen LogP contribution in [0.4, 0.5) is 4.39 Å². The number of rotatable bonds is 2. The van der Waals surface area contributed by atoms with E-state index in [-0.39, 0.29) is 11.5 Å². The molecule has 1 fully saturated rings. The van der Waals surface area contributed by atoms with Crippen molar-refractivity contribution >= 4 is 5.91 Å². The first-order valence-corrected chi connectivity index (χ1v) is 5.84. The van der Waals surface area contributed by atoms with E-state index in [2.05, 4.69) is 0 Å². The molecule has 0 bridgehead atoms. The Morgan fingerprint density at radius 3 is 2.67 bits per heavy atom. The summed E-state index contributed by atoms with van der Waals surface area (Å²) in [5.74, 6) is -0.299. The monoisotopic (exact) mass is 253 g/mol. The molecule has 1 saturated heterocycles. The van der Waals surface area contributed by atoms with Crippen LogP contribution in [0.3, 0.4) is 0 Å². The van der Waals surface area contributed by atoms with E-state index in [0.29, 0.717) is 37.6 Å². The largest absolute Gasteiger partial charge is 0.496 e. The first-order valence-electron chi connectivity index (χ1n) is 5.84. The van der Waals surface area contributed by atoms with Crippen molar-refractivity contribution in [3.8, 4) is 5.75 Å². The molecule has 1 aliphatic rings. The topological polar surface area (TPSA) is 38.8 Å². The van der Waals surface area contributed by atoms with Crippen LogP contribution >= 0.6 is 0 Å². The van der Waals surface area contributed by atoms with Crippen molar-refractivity contribution in [3.63, 3.8) is 0 Å². The fraction of sp³-hybridized carbons (Fsp3) is 0.462. The second kappa shape index (κ2) is 5.35. The zero-order valence-corrected chi connectivity index (χ0v) is 10.5. The van der Waals surface area contributed by atoms with Gasteiger partial charge in [-0.05, 0) is 24.6 Å². The van der Waals surface area contributed by atoms with E-state index in [4.69, 9.17) is 9.47 Å². The highest BCUT2D eigenvalue weighted by Crippen LogP contribution is 2.23. The Balaban J connectivity index is 2.28. The number of methoxy groups -OCH3 is 1. The van der Waals surface area contributed by atoms with Gasteiger partial charge in [-0.2, -0.15) is 0 Å². The number of morpholine rings is 1. The molecule has 1 aliphatic heterocycles. The SMILES string of the molecule is COc1cc(C(=O)N2CCOCC2)c(F)cc1C. The maximum Gasteiger partial charge on any atom is 0.257 e. The molecule has 0 spiro atoms. The molecule has 18 heavy (non-hydrogen) atoms. The van der Waals surface area contributed by atoms with Gasteiger partial charge in [0.25, 0.3) is 5.91 Å². The van der Waals surface area contributed by atoms with Crippen LogP contribution in [0.5, 0.6) is 5.75 Å². The fourth-order valence-corrected chi connectivity index (χ4v) is 1.97. The van der Waals surface area contributed by atoms with Gasteiger partial charge in [0, 0.05) is 13.1 Å². The third kappa shape index (κ3) is 2.46. The van der Waals surface area contributed by atoms with Crippen LogP contribution in [0.1, 0.15) is 15.9 Å². The molecule has 1 aromatic rings. The summed E-state index contributed by atoms with van der Waals surface area (Å²) in [4.78, 5) is 13.8. The van der Waals surface area contributed by atoms with Crippen LogP contribution in [-0.2, 0) is 4.74 Å². The molecule has 1 amide bonds. The predicted octanol–water partition coefficient (Wildman–Crippen LogP) is 1.62. The van der Waals surface area contributed by atoms with Crippen LogP contribution in [0.15, 0.2) is 12.1 Å². The van der Waals surface area contributed by atoms with Gasteiger partial charge < -0.3 is 14.4 Å². The van der Waals surface area contributed by atoms with Crippen LogP contribution in [0, 0.1) is 12.7 Å². The molecule has 1 aromatic carbocycles. The van der Waals surface area contributed by atoms with E-state index >= 15 is 0 Å². The summed E-state index contributed by atoms with van der Waals surface area (Å²) in [5, 5.41) is 0. The molecular formula is C13H16FNO3. The number of aryl methyl sites for hydroxylation is 1. The molecular weight excluding hydrogens is 237 g/mol. The summed E-state index contributed by atoms with van der Waals surface area (Å²) in [7, 11) is 1.50. The van der Waals surface area contributed by atoms with Crippen molar-refractivity contribution < 1.29 is 18.7 Å². The van der Waals surface area contributed by atoms with Crippen LogP contribution in [-0.4, -0.2) is 44.2 Å². The maximum absolute atomic E-state index is 13.8. The number of benzene rings is 1. The minimum absolute atomic E-state index is 0.0550. The lowest BCUT2D eigenvalue weighted by Crippen LogP contribution is -2.41. The molecule has 2 rings (SSSR count). The lowest BCUT2D eigenvalue weighted by molar-refractivity contribution is 0.0299. The molecule has 0 saturated carbocycles. The van der Waals surface area contributed by atoms with Gasteiger partial charge in [0.15, 0.2) is 0 Å². The molecule has 4 nitrogen and oxygen atoms in total. The van der Waals surface area contributed by atoms with Crippen LogP contribution in [0.2, 0.25) is 0 Å². The van der Waals surface area contributed by atoms with Gasteiger partial charge in [0.1, 0.15) is 11.6 Å². The normalized spacial score (nSPS) is 15.6. The summed E-state index contributed by atoms with van der Waals surface area (Å²) < 4.78 is 24.1. The highest BCUT2D eigenvalue weighted by atomic mass is 19.1. The van der Waals surface area contributed by atoms with Crippen LogP contribution < -0.4 is 4.74 Å². The van der Waals surface area contributed by atoms with Gasteiger partial charge in [0.05, 0.1) is 25.9 Å². The van der Waals surface area contributed by atoms with E-state index in [1.54, 1.807) is 11.8 Å². The molecule has 0 unspecified atom stereocenters. The number of nitrogens with zero attached hydrogens (tertiary/aromatic N) is 1. The Bertz CT molecular complexity index is 456. The van der Waals surface area contributed by atoms with Gasteiger partial charge in [0.2, 0.25) is 0 Å². The average molecular weight is 253 g/mol. The molecule has 0 aliphatic carbocycles. The molecule has 0 N–H and O–H groups in total. The van der Waals surface area contributed by atoms with Crippen molar-refractivity contribution in [1.29, 1.82) is 0 Å². The van der Waals surface area contributed by atoms with E-state index in [9.17, 15) is 9.18 Å². The van der Waals surface area contributed by atoms with Crippen molar-refractivity contribution in [1.82, 2.24) is 4.90 Å². The summed E-state index contributed by atoms with van der Waals surface area (Å²) >= 11 is 0. The number of hydrogen-bond donors (Lipinski definition) is 0. The highest BCUT2D eigenvalue weighted by molar-refractivity contribution is 5.95. The average Bonchev–Trinajstić information content (AvgIpc) is 2.39. The Hall–Kier alpha value is -1.62. The molecule has 98 valence electrons. The smallest absolute Gasteiger partial charge is 0.257 e. The van der Waals surface area contributed by atoms with E-state index < -0.39 is 5.82 Å². The van der Waals surface area contributed by atoms with Crippen molar-refractivity contribution in [2.24, 2.45) is 0 Å². The minimum atomic E-state index is -0.509. The Morgan fingerprint density at radius 1 is 1.39 bits per heavy atom. The quantitative estimate of drug-likeness (QED) is 0.804. The maximum atomic E-state index is 13.8. The molecule has 5 heteroatoms. The zero-order chi connectivity index (χ0) is 13.1. The van der Waals surface area contributed by atoms with Gasteiger partial charge >= 0.3 is 0 Å². The van der Waals surface area contributed by atoms with Gasteiger partial charge in [-0.1, -0.05) is 0 Å². The van der Waals surface area contributed by atoms with Gasteiger partial charge in [-0.3, -0.25) is 4.79 Å². The lowest BCUT2D eigenvalue weighted by atomic mass is 10.1. The summed E-state index contributed by atoms with van der Waals surface area (Å²) in [6.07, 6.45) is 0. The Morgan fingerprint density at radius 2 is 2.06 bits per heavy atom. The number of halogens is 1. The number of carbonyl (C=O) groups is 1. The Kier molecular flexibility index (Phi) is 3.81. The first-order chi connectivity index (χ1) is 8.63. The summed E-state index contributed by atoms with van der Waals surface area (Å²) in [5.41, 5.74) is 0.730. The van der Waals surface area contributed by atoms with Gasteiger partial charge in [-0.25, -0.2) is 4.39 Å². The minimum Gasteiger partial charge on any atom is -0.496 e. The predicted molar refractivity (Wildman–Crippen MR) is 64.4 cm³/mol. The second-order valence-electron chi connectivity index (χ2n) is 4.21. The third-order valence-corrected chi connectivity index (χ3v) is 3.01. The van der Waals surface area contributed by atoms with Crippen LogP contribution in [0.25, 0.3) is 0 Å². The van der Waals surface area contributed by atoms with E-state index in [0.717, 1.165) is 0 Å². The Labute approximate surface area is 105 Å². The number of carbonyl (C=O) groups excluding carboxylic acids is 1. The molecule has 0 radical (unpaired) electrons. The number of amides is 1. The lowest BCUT2D eigenvalue weighted by Gasteiger charge is -2.27. The number of ether oxygens (including phenoxy) is 2. The first kappa shape index (κ1) is 12.8. The van der Waals surface area contributed by atoms with Crippen molar-refractivity contribution in [2.45, 2.75) is 6.92 Å². The summed E-state index contributed by atoms with van der Waals surface area (Å²) in [6, 6.07) is 2.79.